The average molecular weight is 821 g/mol. The highest BCUT2D eigenvalue weighted by atomic mass is 32.1. The zero-order valence-corrected chi connectivity index (χ0v) is 34.6. The van der Waals surface area contributed by atoms with Crippen LogP contribution >= 0.6 is 34.0 Å². The lowest BCUT2D eigenvalue weighted by Gasteiger charge is -2.37. The van der Waals surface area contributed by atoms with Gasteiger partial charge in [-0.3, -0.25) is 19.2 Å². The Labute approximate surface area is 352 Å². The molecule has 2 saturated carbocycles. The number of benzene rings is 4. The number of carbonyl (C=O) groups excluding carboxylic acids is 4. The Kier molecular flexibility index (Phi) is 7.09. The van der Waals surface area contributed by atoms with Crippen LogP contribution in [0, 0.1) is 0 Å². The molecule has 0 saturated heterocycles. The molecule has 59 heavy (non-hydrogen) atoms. The number of fused-ring (bicyclic) bond motifs is 14. The number of ketones is 4. The highest BCUT2D eigenvalue weighted by Gasteiger charge is 2.59. The Balaban J connectivity index is 0.932. The van der Waals surface area contributed by atoms with Gasteiger partial charge in [0, 0.05) is 57.3 Å². The molecule has 4 nitrogen and oxygen atoms in total. The fourth-order valence-electron chi connectivity index (χ4n) is 11.9. The molecule has 6 aliphatic rings. The molecule has 4 aromatic carbocycles. The maximum atomic E-state index is 13.9. The molecule has 0 bridgehead atoms. The molecule has 3 heterocycles. The number of carbonyl (C=O) groups is 4. The highest BCUT2D eigenvalue weighted by Crippen LogP contribution is 2.72. The van der Waals surface area contributed by atoms with Crippen LogP contribution < -0.4 is 0 Å². The van der Waals surface area contributed by atoms with Crippen LogP contribution in [0.2, 0.25) is 0 Å². The van der Waals surface area contributed by atoms with Crippen LogP contribution in [0.15, 0.2) is 96.1 Å². The predicted molar refractivity (Wildman–Crippen MR) is 242 cm³/mol. The number of thiophene rings is 3. The SMILES string of the molecule is O=C1C(=Cc2cc3c(s2)C2=C(c4sc5cc(C=C6C(=O)c7cc8ccccc8cc7C6=O)sc5c4C24CCCCC4)C32CCCCC2)C(=O)c2cc3ccccc3cc21. The van der Waals surface area contributed by atoms with Gasteiger partial charge in [0.2, 0.25) is 0 Å². The van der Waals surface area contributed by atoms with Crippen LogP contribution in [-0.4, -0.2) is 23.1 Å². The number of Topliss-reactive ketones (excluding diaryl/α,β-unsaturated/α-hetero) is 4. The fraction of sp³-hybridized carbons (Fsp3) is 0.231. The Bertz CT molecular complexity index is 3140. The maximum Gasteiger partial charge on any atom is 0.197 e. The van der Waals surface area contributed by atoms with Crippen LogP contribution in [-0.2, 0) is 10.8 Å². The largest absolute Gasteiger partial charge is 0.288 e. The minimum Gasteiger partial charge on any atom is -0.288 e. The molecule has 3 aromatic heterocycles. The van der Waals surface area contributed by atoms with Gasteiger partial charge in [0.05, 0.1) is 15.8 Å². The minimum atomic E-state index is -0.185. The summed E-state index contributed by atoms with van der Waals surface area (Å²) in [5, 5.41) is 3.87. The van der Waals surface area contributed by atoms with E-state index < -0.39 is 0 Å². The van der Waals surface area contributed by atoms with E-state index >= 15 is 0 Å². The summed E-state index contributed by atoms with van der Waals surface area (Å²) in [6.07, 6.45) is 15.4. The van der Waals surface area contributed by atoms with Crippen LogP contribution in [0.5, 0.6) is 0 Å². The van der Waals surface area contributed by atoms with E-state index in [1.165, 1.54) is 74.4 Å². The summed E-state index contributed by atoms with van der Waals surface area (Å²) < 4.78 is 2.56. The summed E-state index contributed by atoms with van der Waals surface area (Å²) >= 11 is 5.46. The molecule has 286 valence electrons. The van der Waals surface area contributed by atoms with Gasteiger partial charge in [0.25, 0.3) is 0 Å². The van der Waals surface area contributed by atoms with Crippen molar-refractivity contribution >= 4 is 111 Å². The summed E-state index contributed by atoms with van der Waals surface area (Å²) in [6, 6.07) is 27.9. The molecule has 0 aliphatic heterocycles. The predicted octanol–water partition coefficient (Wildman–Crippen LogP) is 13.6. The van der Waals surface area contributed by atoms with E-state index in [2.05, 4.69) is 12.1 Å². The van der Waals surface area contributed by atoms with Crippen LogP contribution in [0.1, 0.15) is 136 Å². The van der Waals surface area contributed by atoms with Gasteiger partial charge in [0.1, 0.15) is 0 Å². The molecule has 0 unspecified atom stereocenters. The topological polar surface area (TPSA) is 68.3 Å². The van der Waals surface area contributed by atoms with Crippen molar-refractivity contribution in [3.8, 4) is 0 Å². The molecule has 7 aromatic rings. The van der Waals surface area contributed by atoms with E-state index in [-0.39, 0.29) is 45.1 Å². The highest BCUT2D eigenvalue weighted by molar-refractivity contribution is 7.29. The lowest BCUT2D eigenvalue weighted by molar-refractivity contribution is 0.0975. The standard InChI is InChI=1S/C52H36O4S3/c53-44-33-19-27-11-3-4-12-28(27)20-34(33)45(54)37(44)23-31-25-39-48(57-31)41-42(51(39)15-7-1-8-16-51)50-43(52(41)17-9-2-10-18-52)49-40(59-50)26-32(58-49)24-38-46(55)35-21-29-13-5-6-14-30(29)22-36(35)47(38)56/h3-6,11-14,19-26H,1-2,7-10,15-18H2. The quantitative estimate of drug-likeness (QED) is 0.129. The van der Waals surface area contributed by atoms with Gasteiger partial charge in [-0.05, 0) is 118 Å². The van der Waals surface area contributed by atoms with Gasteiger partial charge in [-0.2, -0.15) is 0 Å². The van der Waals surface area contributed by atoms with Gasteiger partial charge in [0.15, 0.2) is 23.1 Å². The fourth-order valence-corrected chi connectivity index (χ4v) is 16.2. The monoisotopic (exact) mass is 820 g/mol. The molecule has 0 amide bonds. The van der Waals surface area contributed by atoms with Crippen molar-refractivity contribution in [2.45, 2.75) is 75.0 Å². The Morgan fingerprint density at radius 1 is 0.458 bits per heavy atom. The van der Waals surface area contributed by atoms with E-state index in [0.29, 0.717) is 22.3 Å². The summed E-state index contributed by atoms with van der Waals surface area (Å²) in [5.41, 5.74) is 8.38. The van der Waals surface area contributed by atoms with Gasteiger partial charge in [-0.1, -0.05) is 87.1 Å². The Hall–Kier alpha value is -5.34. The van der Waals surface area contributed by atoms with Gasteiger partial charge in [-0.15, -0.1) is 34.0 Å². The maximum absolute atomic E-state index is 13.9. The van der Waals surface area contributed by atoms with Crippen LogP contribution in [0.3, 0.4) is 0 Å². The first-order valence-electron chi connectivity index (χ1n) is 21.0. The summed E-state index contributed by atoms with van der Waals surface area (Å²) in [5.74, 6) is -0.716. The number of hydrogen-bond donors (Lipinski definition) is 0. The summed E-state index contributed by atoms with van der Waals surface area (Å²) in [4.78, 5) is 60.2. The van der Waals surface area contributed by atoms with Crippen molar-refractivity contribution in [3.05, 3.63) is 149 Å². The Morgan fingerprint density at radius 2 is 0.898 bits per heavy atom. The lowest BCUT2D eigenvalue weighted by Crippen LogP contribution is -2.28. The van der Waals surface area contributed by atoms with Crippen molar-refractivity contribution in [2.75, 3.05) is 0 Å². The first-order valence-corrected chi connectivity index (χ1v) is 23.4. The normalized spacial score (nSPS) is 19.8. The molecule has 13 rings (SSSR count). The molecule has 2 spiro atoms. The zero-order chi connectivity index (χ0) is 39.4. The minimum absolute atomic E-state index is 0.0773. The van der Waals surface area contributed by atoms with E-state index in [0.717, 1.165) is 57.0 Å². The third-order valence-electron chi connectivity index (χ3n) is 14.5. The van der Waals surface area contributed by atoms with Crippen molar-refractivity contribution in [2.24, 2.45) is 0 Å². The van der Waals surface area contributed by atoms with Crippen molar-refractivity contribution in [1.29, 1.82) is 0 Å². The van der Waals surface area contributed by atoms with E-state index in [1.54, 1.807) is 28.2 Å². The molecular weight excluding hydrogens is 785 g/mol. The van der Waals surface area contributed by atoms with Gasteiger partial charge in [-0.25, -0.2) is 0 Å². The van der Waals surface area contributed by atoms with Crippen molar-refractivity contribution in [3.63, 3.8) is 0 Å². The van der Waals surface area contributed by atoms with E-state index in [9.17, 15) is 19.2 Å². The zero-order valence-electron chi connectivity index (χ0n) is 32.2. The van der Waals surface area contributed by atoms with Crippen LogP contribution in [0.4, 0.5) is 0 Å². The first-order chi connectivity index (χ1) is 28.8. The van der Waals surface area contributed by atoms with Crippen LogP contribution in [0.25, 0.3) is 54.2 Å². The molecule has 2 fully saturated rings. The second-order valence-corrected chi connectivity index (χ2v) is 20.7. The number of rotatable bonds is 2. The molecule has 7 heteroatoms. The van der Waals surface area contributed by atoms with Gasteiger partial charge >= 0.3 is 0 Å². The van der Waals surface area contributed by atoms with Gasteiger partial charge < -0.3 is 0 Å². The number of hydrogen-bond acceptors (Lipinski definition) is 7. The lowest BCUT2D eigenvalue weighted by atomic mass is 9.67. The molecule has 6 aliphatic carbocycles. The summed E-state index contributed by atoms with van der Waals surface area (Å²) in [7, 11) is 0. The van der Waals surface area contributed by atoms with E-state index in [4.69, 9.17) is 0 Å². The average Bonchev–Trinajstić information content (AvgIpc) is 4.11. The third kappa shape index (κ3) is 4.53. The summed E-state index contributed by atoms with van der Waals surface area (Å²) in [6.45, 7) is 0. The molecule has 0 radical (unpaired) electrons. The third-order valence-corrected chi connectivity index (χ3v) is 18.0. The number of allylic oxidation sites excluding steroid dienone is 4. The van der Waals surface area contributed by atoms with E-state index in [1.807, 2.05) is 96.3 Å². The molecular formula is C52H36O4S3. The smallest absolute Gasteiger partial charge is 0.197 e. The first kappa shape index (κ1) is 34.5. The molecule has 0 atom stereocenters. The van der Waals surface area contributed by atoms with Crippen molar-refractivity contribution < 1.29 is 19.2 Å². The van der Waals surface area contributed by atoms with Crippen molar-refractivity contribution in [1.82, 2.24) is 0 Å². The molecule has 0 N–H and O–H groups in total. The second kappa shape index (κ2) is 12.1. The second-order valence-electron chi connectivity index (χ2n) is 17.5. The Morgan fingerprint density at radius 3 is 1.39 bits per heavy atom.